The number of amides is 1. The molecule has 0 spiro atoms. The number of aryl methyl sites for hydroxylation is 2. The predicted octanol–water partition coefficient (Wildman–Crippen LogP) is 3.66. The number of hydrogen-bond acceptors (Lipinski definition) is 6. The van der Waals surface area contributed by atoms with Gasteiger partial charge in [-0.25, -0.2) is 4.98 Å². The second kappa shape index (κ2) is 8.87. The van der Waals surface area contributed by atoms with Crippen LogP contribution in [0.15, 0.2) is 54.6 Å². The Morgan fingerprint density at radius 2 is 1.87 bits per heavy atom. The number of aromatic nitrogens is 5. The lowest BCUT2D eigenvalue weighted by atomic mass is 10.2. The number of pyridine rings is 1. The molecule has 0 radical (unpaired) electrons. The van der Waals surface area contributed by atoms with Gasteiger partial charge in [-0.2, -0.15) is 4.52 Å². The molecule has 4 aromatic rings. The maximum Gasteiger partial charge on any atom is 0.225 e. The number of benzene rings is 1. The van der Waals surface area contributed by atoms with Gasteiger partial charge in [0.1, 0.15) is 11.6 Å². The smallest absolute Gasteiger partial charge is 0.225 e. The molecule has 4 rings (SSSR count). The summed E-state index contributed by atoms with van der Waals surface area (Å²) in [4.78, 5) is 16.5. The monoisotopic (exact) mass is 421 g/mol. The van der Waals surface area contributed by atoms with Crippen molar-refractivity contribution in [3.05, 3.63) is 76.7 Å². The van der Waals surface area contributed by atoms with Crippen LogP contribution >= 0.6 is 11.6 Å². The van der Waals surface area contributed by atoms with Crippen LogP contribution in [-0.2, 0) is 17.8 Å². The Bertz CT molecular complexity index is 1170. The number of hydrogen-bond donors (Lipinski definition) is 2. The van der Waals surface area contributed by atoms with Gasteiger partial charge in [-0.15, -0.1) is 15.3 Å². The largest absolute Gasteiger partial charge is 0.365 e. The van der Waals surface area contributed by atoms with Crippen molar-refractivity contribution in [2.75, 3.05) is 10.6 Å². The highest BCUT2D eigenvalue weighted by Crippen LogP contribution is 2.13. The fourth-order valence-corrected chi connectivity index (χ4v) is 3.05. The lowest BCUT2D eigenvalue weighted by Gasteiger charge is -2.07. The molecule has 0 atom stereocenters. The number of fused-ring (bicyclic) bond motifs is 1. The van der Waals surface area contributed by atoms with Crippen LogP contribution in [0.25, 0.3) is 5.65 Å². The first kappa shape index (κ1) is 19.8. The zero-order valence-electron chi connectivity index (χ0n) is 16.3. The minimum Gasteiger partial charge on any atom is -0.365 e. The number of halogens is 1. The van der Waals surface area contributed by atoms with E-state index in [0.29, 0.717) is 41.1 Å². The first-order valence-electron chi connectivity index (χ1n) is 9.50. The van der Waals surface area contributed by atoms with Gasteiger partial charge in [-0.05, 0) is 48.9 Å². The van der Waals surface area contributed by atoms with E-state index in [1.165, 1.54) is 0 Å². The summed E-state index contributed by atoms with van der Waals surface area (Å²) in [5.74, 6) is 1.71. The molecule has 1 amide bonds. The van der Waals surface area contributed by atoms with Crippen LogP contribution in [0.1, 0.15) is 23.5 Å². The number of rotatable bonds is 7. The topological polar surface area (TPSA) is 97.1 Å². The average Bonchev–Trinajstić information content (AvgIpc) is 3.14. The van der Waals surface area contributed by atoms with E-state index < -0.39 is 0 Å². The molecule has 0 aliphatic rings. The predicted molar refractivity (Wildman–Crippen MR) is 115 cm³/mol. The number of nitrogens with zero attached hydrogens (tertiary/aromatic N) is 5. The van der Waals surface area contributed by atoms with Crippen molar-refractivity contribution >= 4 is 34.8 Å². The van der Waals surface area contributed by atoms with E-state index in [0.717, 1.165) is 11.3 Å². The van der Waals surface area contributed by atoms with Gasteiger partial charge >= 0.3 is 0 Å². The molecule has 0 aliphatic heterocycles. The Morgan fingerprint density at radius 1 is 1.03 bits per heavy atom. The van der Waals surface area contributed by atoms with Crippen molar-refractivity contribution in [1.82, 2.24) is 24.8 Å². The Hall–Kier alpha value is -3.52. The summed E-state index contributed by atoms with van der Waals surface area (Å²) < 4.78 is 1.66. The molecule has 152 valence electrons. The molecular weight excluding hydrogens is 402 g/mol. The molecule has 8 nitrogen and oxygen atoms in total. The molecule has 30 heavy (non-hydrogen) atoms. The van der Waals surface area contributed by atoms with Gasteiger partial charge in [0, 0.05) is 30.1 Å². The molecule has 0 unspecified atom stereocenters. The van der Waals surface area contributed by atoms with Crippen molar-refractivity contribution in [3.63, 3.8) is 0 Å². The van der Waals surface area contributed by atoms with E-state index >= 15 is 0 Å². The lowest BCUT2D eigenvalue weighted by molar-refractivity contribution is -0.116. The average molecular weight is 422 g/mol. The maximum absolute atomic E-state index is 12.3. The first-order valence-corrected chi connectivity index (χ1v) is 9.88. The highest BCUT2D eigenvalue weighted by Gasteiger charge is 2.11. The van der Waals surface area contributed by atoms with Gasteiger partial charge in [0.2, 0.25) is 5.91 Å². The van der Waals surface area contributed by atoms with E-state index in [2.05, 4.69) is 30.9 Å². The van der Waals surface area contributed by atoms with Gasteiger partial charge in [0.15, 0.2) is 11.5 Å². The molecule has 0 saturated heterocycles. The fraction of sp³-hybridized carbons (Fsp3) is 0.190. The van der Waals surface area contributed by atoms with Crippen LogP contribution in [0.5, 0.6) is 0 Å². The van der Waals surface area contributed by atoms with Crippen molar-refractivity contribution in [3.8, 4) is 0 Å². The molecule has 0 aliphatic carbocycles. The molecule has 1 aromatic carbocycles. The summed E-state index contributed by atoms with van der Waals surface area (Å²) in [5.41, 5.74) is 2.56. The Labute approximate surface area is 178 Å². The van der Waals surface area contributed by atoms with Crippen LogP contribution in [0, 0.1) is 6.92 Å². The quantitative estimate of drug-likeness (QED) is 0.472. The highest BCUT2D eigenvalue weighted by molar-refractivity contribution is 6.30. The minimum absolute atomic E-state index is 0.137. The molecule has 0 fully saturated rings. The SMILES string of the molecule is Cc1cccc(NC(=O)CCc2nnc3ccc(NCc4ccc(Cl)cc4)nn23)n1. The van der Waals surface area contributed by atoms with E-state index in [4.69, 9.17) is 11.6 Å². The zero-order valence-corrected chi connectivity index (χ0v) is 17.1. The van der Waals surface area contributed by atoms with E-state index in [1.807, 2.05) is 55.5 Å². The third-order valence-electron chi connectivity index (χ3n) is 4.45. The second-order valence-electron chi connectivity index (χ2n) is 6.80. The Morgan fingerprint density at radius 3 is 2.67 bits per heavy atom. The van der Waals surface area contributed by atoms with Gasteiger partial charge in [-0.3, -0.25) is 4.79 Å². The maximum atomic E-state index is 12.3. The zero-order chi connectivity index (χ0) is 20.9. The van der Waals surface area contributed by atoms with Crippen molar-refractivity contribution in [2.45, 2.75) is 26.3 Å². The van der Waals surface area contributed by atoms with Crippen LogP contribution < -0.4 is 10.6 Å². The molecule has 0 bridgehead atoms. The molecular formula is C21H20ClN7O. The van der Waals surface area contributed by atoms with Gasteiger partial charge in [0.05, 0.1) is 0 Å². The van der Waals surface area contributed by atoms with E-state index in [1.54, 1.807) is 10.6 Å². The summed E-state index contributed by atoms with van der Waals surface area (Å²) in [6, 6.07) is 16.8. The summed E-state index contributed by atoms with van der Waals surface area (Å²) in [5, 5.41) is 19.6. The van der Waals surface area contributed by atoms with E-state index in [-0.39, 0.29) is 12.3 Å². The van der Waals surface area contributed by atoms with Crippen LogP contribution in [0.3, 0.4) is 0 Å². The minimum atomic E-state index is -0.137. The lowest BCUT2D eigenvalue weighted by Crippen LogP contribution is -2.14. The highest BCUT2D eigenvalue weighted by atomic mass is 35.5. The van der Waals surface area contributed by atoms with Gasteiger partial charge < -0.3 is 10.6 Å². The summed E-state index contributed by atoms with van der Waals surface area (Å²) in [6.07, 6.45) is 0.660. The van der Waals surface area contributed by atoms with Crippen LogP contribution in [-0.4, -0.2) is 30.7 Å². The Kier molecular flexibility index (Phi) is 5.85. The number of nitrogens with one attached hydrogen (secondary N) is 2. The second-order valence-corrected chi connectivity index (χ2v) is 7.23. The van der Waals surface area contributed by atoms with Gasteiger partial charge in [-0.1, -0.05) is 29.8 Å². The summed E-state index contributed by atoms with van der Waals surface area (Å²) in [6.45, 7) is 2.49. The normalized spacial score (nSPS) is 10.9. The van der Waals surface area contributed by atoms with Gasteiger partial charge in [0.25, 0.3) is 0 Å². The number of anilines is 2. The summed E-state index contributed by atoms with van der Waals surface area (Å²) >= 11 is 5.92. The first-order chi connectivity index (χ1) is 14.6. The molecule has 3 aromatic heterocycles. The molecule has 2 N–H and O–H groups in total. The number of carbonyl (C=O) groups excluding carboxylic acids is 1. The fourth-order valence-electron chi connectivity index (χ4n) is 2.92. The van der Waals surface area contributed by atoms with Crippen LogP contribution in [0.2, 0.25) is 5.02 Å². The molecule has 9 heteroatoms. The van der Waals surface area contributed by atoms with Crippen molar-refractivity contribution in [2.24, 2.45) is 0 Å². The third kappa shape index (κ3) is 4.90. The number of carbonyl (C=O) groups is 1. The van der Waals surface area contributed by atoms with Crippen molar-refractivity contribution < 1.29 is 4.79 Å². The summed E-state index contributed by atoms with van der Waals surface area (Å²) in [7, 11) is 0. The molecule has 3 heterocycles. The van der Waals surface area contributed by atoms with Crippen LogP contribution in [0.4, 0.5) is 11.6 Å². The standard InChI is InChI=1S/C21H20ClN7O/c1-14-3-2-4-18(24-14)25-21(30)12-11-20-27-26-19-10-9-17(28-29(19)20)23-13-15-5-7-16(22)8-6-15/h2-10H,11-13H2,1H3,(H,23,28)(H,24,25,30). The van der Waals surface area contributed by atoms with E-state index in [9.17, 15) is 4.79 Å². The Balaban J connectivity index is 1.39. The molecule has 0 saturated carbocycles. The third-order valence-corrected chi connectivity index (χ3v) is 4.70. The van der Waals surface area contributed by atoms with Crippen molar-refractivity contribution in [1.29, 1.82) is 0 Å².